The van der Waals surface area contributed by atoms with Gasteiger partial charge >= 0.3 is 0 Å². The van der Waals surface area contributed by atoms with Crippen LogP contribution in [0.3, 0.4) is 0 Å². The predicted molar refractivity (Wildman–Crippen MR) is 89.0 cm³/mol. The summed E-state index contributed by atoms with van der Waals surface area (Å²) < 4.78 is 0. The lowest BCUT2D eigenvalue weighted by Gasteiger charge is -2.27. The summed E-state index contributed by atoms with van der Waals surface area (Å²) in [4.78, 5) is 14.9. The van der Waals surface area contributed by atoms with Gasteiger partial charge in [-0.2, -0.15) is 0 Å². The molecular weight excluding hydrogens is 282 g/mol. The second-order valence-electron chi connectivity index (χ2n) is 6.52. The number of carbonyl (C=O) groups is 1. The van der Waals surface area contributed by atoms with Crippen LogP contribution in [0.15, 0.2) is 24.3 Å². The minimum absolute atomic E-state index is 0.0444. The van der Waals surface area contributed by atoms with Gasteiger partial charge in [-0.15, -0.1) is 0 Å². The van der Waals surface area contributed by atoms with Crippen molar-refractivity contribution in [3.8, 4) is 0 Å². The third-order valence-electron chi connectivity index (χ3n) is 4.81. The highest BCUT2D eigenvalue weighted by Gasteiger charge is 2.26. The Morgan fingerprint density at radius 2 is 1.81 bits per heavy atom. The summed E-state index contributed by atoms with van der Waals surface area (Å²) in [5, 5.41) is 0.675. The average molecular weight is 308 g/mol. The van der Waals surface area contributed by atoms with Gasteiger partial charge in [-0.3, -0.25) is 9.69 Å². The molecule has 2 atom stereocenters. The smallest absolute Gasteiger partial charge is 0.179 e. The van der Waals surface area contributed by atoms with Crippen molar-refractivity contribution in [3.63, 3.8) is 0 Å². The van der Waals surface area contributed by atoms with Gasteiger partial charge in [0.05, 0.1) is 6.04 Å². The molecule has 3 heteroatoms. The van der Waals surface area contributed by atoms with E-state index in [1.54, 1.807) is 12.1 Å². The highest BCUT2D eigenvalue weighted by atomic mass is 35.5. The molecule has 0 bridgehead atoms. The van der Waals surface area contributed by atoms with Crippen molar-refractivity contribution in [2.45, 2.75) is 46.1 Å². The molecule has 1 fully saturated rings. The Morgan fingerprint density at radius 1 is 1.14 bits per heavy atom. The molecule has 0 aromatic heterocycles. The van der Waals surface area contributed by atoms with Crippen molar-refractivity contribution in [1.29, 1.82) is 0 Å². The number of benzene rings is 1. The van der Waals surface area contributed by atoms with Crippen LogP contribution in [0.1, 0.15) is 50.4 Å². The first-order valence-electron chi connectivity index (χ1n) is 8.03. The Balaban J connectivity index is 2.00. The molecule has 1 aromatic rings. The first-order chi connectivity index (χ1) is 9.99. The Bertz CT molecular complexity index is 469. The molecule has 116 valence electrons. The standard InChI is InChI=1S/C18H26ClNO/c1-13(2)15-5-4-11-20(12-10-15)14(3)18(21)16-6-8-17(19)9-7-16/h6-9,13-15H,4-5,10-12H2,1-3H3. The average Bonchev–Trinajstić information content (AvgIpc) is 2.72. The van der Waals surface area contributed by atoms with E-state index in [0.717, 1.165) is 30.5 Å². The Hall–Kier alpha value is -0.860. The fourth-order valence-corrected chi connectivity index (χ4v) is 3.35. The molecule has 0 N–H and O–H groups in total. The van der Waals surface area contributed by atoms with Crippen molar-refractivity contribution >= 4 is 17.4 Å². The van der Waals surface area contributed by atoms with Crippen molar-refractivity contribution in [3.05, 3.63) is 34.9 Å². The second-order valence-corrected chi connectivity index (χ2v) is 6.95. The summed E-state index contributed by atoms with van der Waals surface area (Å²) in [5.41, 5.74) is 0.761. The lowest BCUT2D eigenvalue weighted by Crippen LogP contribution is -2.39. The number of hydrogen-bond acceptors (Lipinski definition) is 2. The molecular formula is C18H26ClNO. The van der Waals surface area contributed by atoms with Gasteiger partial charge in [0.15, 0.2) is 5.78 Å². The van der Waals surface area contributed by atoms with Gasteiger partial charge in [0.1, 0.15) is 0 Å². The van der Waals surface area contributed by atoms with Crippen molar-refractivity contribution in [2.75, 3.05) is 13.1 Å². The minimum Gasteiger partial charge on any atom is -0.293 e. The van der Waals surface area contributed by atoms with Gasteiger partial charge in [-0.05, 0) is 75.4 Å². The molecule has 0 spiro atoms. The monoisotopic (exact) mass is 307 g/mol. The number of nitrogens with zero attached hydrogens (tertiary/aromatic N) is 1. The van der Waals surface area contributed by atoms with E-state index < -0.39 is 0 Å². The maximum Gasteiger partial charge on any atom is 0.179 e. The van der Waals surface area contributed by atoms with E-state index in [1.807, 2.05) is 19.1 Å². The summed E-state index contributed by atoms with van der Waals surface area (Å²) in [6.07, 6.45) is 3.69. The van der Waals surface area contributed by atoms with Gasteiger partial charge in [0.2, 0.25) is 0 Å². The maximum absolute atomic E-state index is 12.6. The Kier molecular flexibility index (Phi) is 5.83. The van der Waals surface area contributed by atoms with Gasteiger partial charge < -0.3 is 0 Å². The molecule has 0 radical (unpaired) electrons. The van der Waals surface area contributed by atoms with Crippen LogP contribution in [0.5, 0.6) is 0 Å². The van der Waals surface area contributed by atoms with E-state index in [4.69, 9.17) is 11.6 Å². The van der Waals surface area contributed by atoms with Crippen LogP contribution in [0.2, 0.25) is 5.02 Å². The fourth-order valence-electron chi connectivity index (χ4n) is 3.22. The first-order valence-corrected chi connectivity index (χ1v) is 8.40. The van der Waals surface area contributed by atoms with Gasteiger partial charge in [0, 0.05) is 10.6 Å². The zero-order chi connectivity index (χ0) is 15.4. The largest absolute Gasteiger partial charge is 0.293 e. The molecule has 1 aliphatic rings. The van der Waals surface area contributed by atoms with E-state index in [-0.39, 0.29) is 11.8 Å². The van der Waals surface area contributed by atoms with E-state index in [1.165, 1.54) is 19.3 Å². The third-order valence-corrected chi connectivity index (χ3v) is 5.06. The molecule has 2 unspecified atom stereocenters. The number of hydrogen-bond donors (Lipinski definition) is 0. The normalized spacial score (nSPS) is 22.0. The van der Waals surface area contributed by atoms with Crippen LogP contribution < -0.4 is 0 Å². The second kappa shape index (κ2) is 7.42. The van der Waals surface area contributed by atoms with Crippen LogP contribution in [-0.4, -0.2) is 29.8 Å². The molecule has 0 saturated carbocycles. The molecule has 2 rings (SSSR count). The van der Waals surface area contributed by atoms with Crippen LogP contribution in [0.4, 0.5) is 0 Å². The van der Waals surface area contributed by atoms with Crippen LogP contribution in [0.25, 0.3) is 0 Å². The summed E-state index contributed by atoms with van der Waals surface area (Å²) in [6, 6.07) is 7.19. The number of halogens is 1. The van der Waals surface area contributed by atoms with Crippen molar-refractivity contribution in [2.24, 2.45) is 11.8 Å². The SMILES string of the molecule is CC(C)C1CCCN(C(C)C(=O)c2ccc(Cl)cc2)CC1. The summed E-state index contributed by atoms with van der Waals surface area (Å²) in [7, 11) is 0. The highest BCUT2D eigenvalue weighted by Crippen LogP contribution is 2.26. The Labute approximate surface area is 133 Å². The molecule has 1 heterocycles. The lowest BCUT2D eigenvalue weighted by atomic mass is 9.89. The molecule has 2 nitrogen and oxygen atoms in total. The zero-order valence-corrected chi connectivity index (χ0v) is 14.1. The predicted octanol–water partition coefficient (Wildman–Crippen LogP) is 4.67. The maximum atomic E-state index is 12.6. The fraction of sp³-hybridized carbons (Fsp3) is 0.611. The van der Waals surface area contributed by atoms with Crippen LogP contribution >= 0.6 is 11.6 Å². The first kappa shape index (κ1) is 16.5. The quantitative estimate of drug-likeness (QED) is 0.753. The number of likely N-dealkylation sites (tertiary alicyclic amines) is 1. The van der Waals surface area contributed by atoms with E-state index >= 15 is 0 Å². The highest BCUT2D eigenvalue weighted by molar-refractivity contribution is 6.30. The third kappa shape index (κ3) is 4.31. The topological polar surface area (TPSA) is 20.3 Å². The summed E-state index contributed by atoms with van der Waals surface area (Å²) in [6.45, 7) is 8.71. The number of carbonyl (C=O) groups excluding carboxylic acids is 1. The molecule has 0 aliphatic carbocycles. The van der Waals surface area contributed by atoms with Gasteiger partial charge in [-0.25, -0.2) is 0 Å². The van der Waals surface area contributed by atoms with E-state index in [0.29, 0.717) is 5.02 Å². The lowest BCUT2D eigenvalue weighted by molar-refractivity contribution is 0.0840. The van der Waals surface area contributed by atoms with Crippen LogP contribution in [-0.2, 0) is 0 Å². The molecule has 1 aliphatic heterocycles. The van der Waals surface area contributed by atoms with Gasteiger partial charge in [0.25, 0.3) is 0 Å². The van der Waals surface area contributed by atoms with Crippen molar-refractivity contribution < 1.29 is 4.79 Å². The van der Waals surface area contributed by atoms with Crippen LogP contribution in [0, 0.1) is 11.8 Å². The summed E-state index contributed by atoms with van der Waals surface area (Å²) in [5.74, 6) is 1.75. The number of Topliss-reactive ketones (excluding diaryl/α,β-unsaturated/α-hetero) is 1. The van der Waals surface area contributed by atoms with Crippen molar-refractivity contribution in [1.82, 2.24) is 4.90 Å². The molecule has 1 saturated heterocycles. The Morgan fingerprint density at radius 3 is 2.43 bits per heavy atom. The molecule has 21 heavy (non-hydrogen) atoms. The number of rotatable bonds is 4. The van der Waals surface area contributed by atoms with E-state index in [2.05, 4.69) is 18.7 Å². The molecule has 0 amide bonds. The minimum atomic E-state index is -0.0444. The van der Waals surface area contributed by atoms with E-state index in [9.17, 15) is 4.79 Å². The zero-order valence-electron chi connectivity index (χ0n) is 13.3. The number of ketones is 1. The summed E-state index contributed by atoms with van der Waals surface area (Å²) >= 11 is 5.89. The molecule has 1 aromatic carbocycles. The van der Waals surface area contributed by atoms with Gasteiger partial charge in [-0.1, -0.05) is 25.4 Å².